The van der Waals surface area contributed by atoms with Crippen molar-refractivity contribution >= 4 is 32.9 Å². The summed E-state index contributed by atoms with van der Waals surface area (Å²) >= 11 is 5.91. The van der Waals surface area contributed by atoms with Crippen LogP contribution in [0.5, 0.6) is 0 Å². The minimum atomic E-state index is -3.19. The van der Waals surface area contributed by atoms with Gasteiger partial charge in [0.1, 0.15) is 0 Å². The Balaban J connectivity index is 1.48. The number of sulfone groups is 1. The zero-order chi connectivity index (χ0) is 19.4. The van der Waals surface area contributed by atoms with Gasteiger partial charge in [0, 0.05) is 29.8 Å². The van der Waals surface area contributed by atoms with E-state index in [0.717, 1.165) is 22.3 Å². The standard InChI is InChI=1S/C21H20ClNO3S/c1-27(25,26)20-10-2-15(3-11-20)12-13-23-21(24)18-5-4-17(14-18)16-6-8-19(22)9-7-16/h2-11H,12-14H2,1H3,(H,23,24). The largest absolute Gasteiger partial charge is 0.352 e. The minimum absolute atomic E-state index is 0.0806. The monoisotopic (exact) mass is 401 g/mol. The van der Waals surface area contributed by atoms with Crippen molar-refractivity contribution in [2.75, 3.05) is 12.8 Å². The lowest BCUT2D eigenvalue weighted by atomic mass is 10.0. The number of hydrogen-bond donors (Lipinski definition) is 1. The number of halogens is 1. The highest BCUT2D eigenvalue weighted by Gasteiger charge is 2.16. The van der Waals surface area contributed by atoms with Gasteiger partial charge >= 0.3 is 0 Å². The summed E-state index contributed by atoms with van der Waals surface area (Å²) in [4.78, 5) is 12.6. The maximum Gasteiger partial charge on any atom is 0.247 e. The molecule has 4 nitrogen and oxygen atoms in total. The van der Waals surface area contributed by atoms with Crippen LogP contribution in [0.1, 0.15) is 17.5 Å². The average Bonchev–Trinajstić information content (AvgIpc) is 3.12. The summed E-state index contributed by atoms with van der Waals surface area (Å²) in [6, 6.07) is 14.3. The fraction of sp³-hybridized carbons (Fsp3) is 0.190. The second-order valence-corrected chi connectivity index (χ2v) is 8.94. The van der Waals surface area contributed by atoms with Crippen LogP contribution in [0.15, 0.2) is 71.2 Å². The molecule has 1 aliphatic rings. The van der Waals surface area contributed by atoms with Crippen molar-refractivity contribution in [2.24, 2.45) is 0 Å². The van der Waals surface area contributed by atoms with Crippen LogP contribution in [0.2, 0.25) is 5.02 Å². The molecule has 0 heterocycles. The number of rotatable bonds is 6. The van der Waals surface area contributed by atoms with E-state index in [-0.39, 0.29) is 5.91 Å². The lowest BCUT2D eigenvalue weighted by molar-refractivity contribution is -0.117. The van der Waals surface area contributed by atoms with Gasteiger partial charge in [0.2, 0.25) is 5.91 Å². The summed E-state index contributed by atoms with van der Waals surface area (Å²) in [5.74, 6) is -0.0806. The van der Waals surface area contributed by atoms with Crippen molar-refractivity contribution in [1.29, 1.82) is 0 Å². The van der Waals surface area contributed by atoms with Crippen LogP contribution >= 0.6 is 11.6 Å². The van der Waals surface area contributed by atoms with E-state index in [1.54, 1.807) is 24.3 Å². The highest BCUT2D eigenvalue weighted by Crippen LogP contribution is 2.28. The molecule has 0 bridgehead atoms. The molecule has 1 N–H and O–H groups in total. The Labute approximate surface area is 164 Å². The van der Waals surface area contributed by atoms with Gasteiger partial charge in [-0.25, -0.2) is 8.42 Å². The highest BCUT2D eigenvalue weighted by molar-refractivity contribution is 7.90. The van der Waals surface area contributed by atoms with E-state index < -0.39 is 9.84 Å². The van der Waals surface area contributed by atoms with Crippen molar-refractivity contribution in [2.45, 2.75) is 17.7 Å². The summed E-state index contributed by atoms with van der Waals surface area (Å²) in [5.41, 5.74) is 3.85. The number of nitrogens with one attached hydrogen (secondary N) is 1. The predicted molar refractivity (Wildman–Crippen MR) is 108 cm³/mol. The van der Waals surface area contributed by atoms with Crippen molar-refractivity contribution in [1.82, 2.24) is 5.32 Å². The summed E-state index contributed by atoms with van der Waals surface area (Å²) in [6.07, 6.45) is 6.23. The topological polar surface area (TPSA) is 63.2 Å². The first kappa shape index (κ1) is 19.4. The molecule has 0 saturated heterocycles. The molecule has 140 valence electrons. The van der Waals surface area contributed by atoms with Crippen LogP contribution in [-0.2, 0) is 21.1 Å². The highest BCUT2D eigenvalue weighted by atomic mass is 35.5. The van der Waals surface area contributed by atoms with Crippen molar-refractivity contribution in [3.8, 4) is 0 Å². The molecule has 27 heavy (non-hydrogen) atoms. The Morgan fingerprint density at radius 2 is 1.70 bits per heavy atom. The van der Waals surface area contributed by atoms with Crippen LogP contribution in [-0.4, -0.2) is 27.1 Å². The van der Waals surface area contributed by atoms with E-state index in [2.05, 4.69) is 5.32 Å². The van der Waals surface area contributed by atoms with Crippen LogP contribution in [0, 0.1) is 0 Å². The maximum atomic E-state index is 12.3. The zero-order valence-corrected chi connectivity index (χ0v) is 16.5. The van der Waals surface area contributed by atoms with Crippen LogP contribution in [0.4, 0.5) is 0 Å². The minimum Gasteiger partial charge on any atom is -0.352 e. The molecule has 0 radical (unpaired) electrons. The first-order chi connectivity index (χ1) is 12.8. The van der Waals surface area contributed by atoms with Gasteiger partial charge in [-0.1, -0.05) is 48.0 Å². The molecule has 1 amide bonds. The second-order valence-electron chi connectivity index (χ2n) is 6.49. The van der Waals surface area contributed by atoms with Gasteiger partial charge in [-0.3, -0.25) is 4.79 Å². The molecule has 0 atom stereocenters. The third-order valence-electron chi connectivity index (χ3n) is 4.42. The van der Waals surface area contributed by atoms with Crippen molar-refractivity contribution in [3.05, 3.63) is 82.4 Å². The van der Waals surface area contributed by atoms with Crippen LogP contribution in [0.3, 0.4) is 0 Å². The number of carbonyl (C=O) groups is 1. The van der Waals surface area contributed by atoms with Gasteiger partial charge < -0.3 is 5.32 Å². The normalized spacial score (nSPS) is 13.9. The number of allylic oxidation sites excluding steroid dienone is 3. The van der Waals surface area contributed by atoms with Crippen LogP contribution < -0.4 is 5.32 Å². The molecule has 0 unspecified atom stereocenters. The number of hydrogen-bond acceptors (Lipinski definition) is 3. The summed E-state index contributed by atoms with van der Waals surface area (Å²) in [7, 11) is -3.19. The van der Waals surface area contributed by atoms with E-state index >= 15 is 0 Å². The fourth-order valence-corrected chi connectivity index (χ4v) is 3.64. The smallest absolute Gasteiger partial charge is 0.247 e. The van der Waals surface area contributed by atoms with Gasteiger partial charge in [0.05, 0.1) is 4.90 Å². The molecule has 0 fully saturated rings. The molecular weight excluding hydrogens is 382 g/mol. The molecule has 1 aliphatic carbocycles. The SMILES string of the molecule is CS(=O)(=O)c1ccc(CCNC(=O)C2=CC=C(c3ccc(Cl)cc3)C2)cc1. The molecule has 0 aliphatic heterocycles. The quantitative estimate of drug-likeness (QED) is 0.800. The van der Waals surface area contributed by atoms with Crippen LogP contribution in [0.25, 0.3) is 5.57 Å². The van der Waals surface area contributed by atoms with Gasteiger partial charge in [0.15, 0.2) is 9.84 Å². The molecule has 0 aromatic heterocycles. The maximum absolute atomic E-state index is 12.3. The Morgan fingerprint density at radius 3 is 2.33 bits per heavy atom. The Hall–Kier alpha value is -2.37. The van der Waals surface area contributed by atoms with E-state index in [1.807, 2.05) is 36.4 Å². The van der Waals surface area contributed by atoms with Crippen molar-refractivity contribution < 1.29 is 13.2 Å². The average molecular weight is 402 g/mol. The molecule has 2 aromatic rings. The first-order valence-corrected chi connectivity index (χ1v) is 10.8. The Morgan fingerprint density at radius 1 is 1.04 bits per heavy atom. The van der Waals surface area contributed by atoms with E-state index in [0.29, 0.717) is 29.3 Å². The predicted octanol–water partition coefficient (Wildman–Crippen LogP) is 3.82. The summed E-state index contributed by atoms with van der Waals surface area (Å²) in [6.45, 7) is 0.491. The Bertz CT molecular complexity index is 1000. The lowest BCUT2D eigenvalue weighted by Gasteiger charge is -2.08. The Kier molecular flexibility index (Phi) is 5.82. The first-order valence-electron chi connectivity index (χ1n) is 8.56. The number of benzene rings is 2. The summed E-state index contributed by atoms with van der Waals surface area (Å²) < 4.78 is 22.9. The van der Waals surface area contributed by atoms with E-state index in [9.17, 15) is 13.2 Å². The molecule has 6 heteroatoms. The van der Waals surface area contributed by atoms with E-state index in [4.69, 9.17) is 11.6 Å². The molecule has 0 spiro atoms. The van der Waals surface area contributed by atoms with Gasteiger partial charge in [-0.2, -0.15) is 0 Å². The molecular formula is C21H20ClNO3S. The van der Waals surface area contributed by atoms with Crippen molar-refractivity contribution in [3.63, 3.8) is 0 Å². The molecule has 2 aromatic carbocycles. The lowest BCUT2D eigenvalue weighted by Crippen LogP contribution is -2.26. The third kappa shape index (κ3) is 5.08. The molecule has 0 saturated carbocycles. The number of carbonyl (C=O) groups excluding carboxylic acids is 1. The van der Waals surface area contributed by atoms with Gasteiger partial charge in [0.25, 0.3) is 0 Å². The van der Waals surface area contributed by atoms with Gasteiger partial charge in [-0.05, 0) is 47.4 Å². The third-order valence-corrected chi connectivity index (χ3v) is 5.80. The second kappa shape index (κ2) is 8.11. The molecule has 3 rings (SSSR count). The van der Waals surface area contributed by atoms with E-state index in [1.165, 1.54) is 6.26 Å². The van der Waals surface area contributed by atoms with Gasteiger partial charge in [-0.15, -0.1) is 0 Å². The zero-order valence-electron chi connectivity index (χ0n) is 14.9. The number of amides is 1. The summed E-state index contributed by atoms with van der Waals surface area (Å²) in [5, 5.41) is 3.61. The fourth-order valence-electron chi connectivity index (χ4n) is 2.88.